The van der Waals surface area contributed by atoms with Gasteiger partial charge in [-0.1, -0.05) is 19.9 Å². The second kappa shape index (κ2) is 5.55. The molecule has 3 nitrogen and oxygen atoms in total. The summed E-state index contributed by atoms with van der Waals surface area (Å²) in [6.07, 6.45) is 5.06. The second-order valence-corrected chi connectivity index (χ2v) is 4.29. The lowest BCUT2D eigenvalue weighted by Crippen LogP contribution is -2.36. The number of carbonyl (C=O) groups excluding carboxylic acids is 1. The van der Waals surface area contributed by atoms with Gasteiger partial charge in [-0.2, -0.15) is 5.26 Å². The zero-order chi connectivity index (χ0) is 11.3. The maximum absolute atomic E-state index is 11.9. The summed E-state index contributed by atoms with van der Waals surface area (Å²) in [7, 11) is 0. The molecule has 15 heavy (non-hydrogen) atoms. The Morgan fingerprint density at radius 1 is 1.33 bits per heavy atom. The molecule has 0 aromatic rings. The molecule has 0 saturated carbocycles. The first-order valence-electron chi connectivity index (χ1n) is 5.56. The first-order chi connectivity index (χ1) is 7.15. The molecule has 0 bridgehead atoms. The molecule has 3 heteroatoms. The van der Waals surface area contributed by atoms with E-state index < -0.39 is 0 Å². The van der Waals surface area contributed by atoms with E-state index in [1.807, 2.05) is 19.9 Å². The van der Waals surface area contributed by atoms with Crippen LogP contribution in [0.3, 0.4) is 0 Å². The van der Waals surface area contributed by atoms with E-state index in [0.29, 0.717) is 5.57 Å². The van der Waals surface area contributed by atoms with E-state index in [1.54, 1.807) is 11.0 Å². The lowest BCUT2D eigenvalue weighted by molar-refractivity contribution is -0.127. The zero-order valence-electron chi connectivity index (χ0n) is 9.49. The highest BCUT2D eigenvalue weighted by Crippen LogP contribution is 2.13. The molecule has 1 aliphatic rings. The van der Waals surface area contributed by atoms with Gasteiger partial charge in [-0.25, -0.2) is 0 Å². The number of allylic oxidation sites excluding steroid dienone is 1. The Hall–Kier alpha value is -1.30. The third kappa shape index (κ3) is 3.39. The van der Waals surface area contributed by atoms with Crippen LogP contribution in [0.5, 0.6) is 0 Å². The molecule has 1 rings (SSSR count). The van der Waals surface area contributed by atoms with Gasteiger partial charge in [-0.3, -0.25) is 4.79 Å². The van der Waals surface area contributed by atoms with Crippen molar-refractivity contribution in [3.63, 3.8) is 0 Å². The van der Waals surface area contributed by atoms with Crippen molar-refractivity contribution >= 4 is 5.91 Å². The fourth-order valence-electron chi connectivity index (χ4n) is 1.76. The van der Waals surface area contributed by atoms with Gasteiger partial charge in [0, 0.05) is 13.1 Å². The Labute approximate surface area is 91.4 Å². The van der Waals surface area contributed by atoms with E-state index in [-0.39, 0.29) is 11.8 Å². The minimum atomic E-state index is -0.0918. The summed E-state index contributed by atoms with van der Waals surface area (Å²) in [5, 5.41) is 8.91. The van der Waals surface area contributed by atoms with Crippen molar-refractivity contribution in [2.45, 2.75) is 33.1 Å². The van der Waals surface area contributed by atoms with Crippen LogP contribution in [-0.2, 0) is 4.79 Å². The number of likely N-dealkylation sites (tertiary alicyclic amines) is 1. The molecule has 0 spiro atoms. The van der Waals surface area contributed by atoms with Crippen molar-refractivity contribution < 1.29 is 4.79 Å². The molecule has 1 aliphatic heterocycles. The Balaban J connectivity index is 2.68. The summed E-state index contributed by atoms with van der Waals surface area (Å²) >= 11 is 0. The van der Waals surface area contributed by atoms with Gasteiger partial charge in [0.05, 0.1) is 0 Å². The molecule has 0 unspecified atom stereocenters. The lowest BCUT2D eigenvalue weighted by Gasteiger charge is -2.26. The van der Waals surface area contributed by atoms with Gasteiger partial charge >= 0.3 is 0 Å². The van der Waals surface area contributed by atoms with Gasteiger partial charge in [-0.05, 0) is 25.2 Å². The van der Waals surface area contributed by atoms with Gasteiger partial charge in [0.1, 0.15) is 11.6 Å². The van der Waals surface area contributed by atoms with E-state index in [4.69, 9.17) is 5.26 Å². The van der Waals surface area contributed by atoms with Crippen molar-refractivity contribution in [1.82, 2.24) is 4.90 Å². The van der Waals surface area contributed by atoms with Gasteiger partial charge in [0.25, 0.3) is 5.91 Å². The SMILES string of the molecule is CC(C)/C=C(/C#N)C(=O)N1CCCCC1. The Kier molecular flexibility index (Phi) is 4.36. The molecule has 1 saturated heterocycles. The molecule has 1 heterocycles. The van der Waals surface area contributed by atoms with Crippen molar-refractivity contribution in [3.8, 4) is 6.07 Å². The lowest BCUT2D eigenvalue weighted by atomic mass is 10.1. The maximum atomic E-state index is 11.9. The third-order valence-electron chi connectivity index (χ3n) is 2.49. The first-order valence-corrected chi connectivity index (χ1v) is 5.56. The molecule has 0 aliphatic carbocycles. The maximum Gasteiger partial charge on any atom is 0.264 e. The fraction of sp³-hybridized carbons (Fsp3) is 0.667. The molecule has 0 aromatic heterocycles. The molecule has 0 radical (unpaired) electrons. The Morgan fingerprint density at radius 3 is 2.40 bits per heavy atom. The average Bonchev–Trinajstić information content (AvgIpc) is 2.26. The molecule has 82 valence electrons. The monoisotopic (exact) mass is 206 g/mol. The van der Waals surface area contributed by atoms with E-state index in [2.05, 4.69) is 0 Å². The first kappa shape index (κ1) is 11.8. The van der Waals surface area contributed by atoms with Crippen LogP contribution < -0.4 is 0 Å². The van der Waals surface area contributed by atoms with Crippen LogP contribution >= 0.6 is 0 Å². The number of rotatable bonds is 2. The number of nitrogens with zero attached hydrogens (tertiary/aromatic N) is 2. The molecule has 1 fully saturated rings. The standard InChI is InChI=1S/C12H18N2O/c1-10(2)8-11(9-13)12(15)14-6-4-3-5-7-14/h8,10H,3-7H2,1-2H3/b11-8-. The van der Waals surface area contributed by atoms with Crippen LogP contribution in [0.4, 0.5) is 0 Å². The van der Waals surface area contributed by atoms with Gasteiger partial charge in [-0.15, -0.1) is 0 Å². The molecule has 1 amide bonds. The minimum absolute atomic E-state index is 0.0918. The number of amides is 1. The molecule has 0 atom stereocenters. The largest absolute Gasteiger partial charge is 0.338 e. The zero-order valence-corrected chi connectivity index (χ0v) is 9.49. The van der Waals surface area contributed by atoms with Crippen LogP contribution in [0.1, 0.15) is 33.1 Å². The molecular weight excluding hydrogens is 188 g/mol. The van der Waals surface area contributed by atoms with Crippen LogP contribution in [0, 0.1) is 17.2 Å². The van der Waals surface area contributed by atoms with E-state index in [1.165, 1.54) is 6.42 Å². The Bertz CT molecular complexity index is 293. The van der Waals surface area contributed by atoms with Crippen LogP contribution in [0.25, 0.3) is 0 Å². The van der Waals surface area contributed by atoms with Crippen molar-refractivity contribution in [2.24, 2.45) is 5.92 Å². The van der Waals surface area contributed by atoms with Crippen LogP contribution in [-0.4, -0.2) is 23.9 Å². The number of hydrogen-bond acceptors (Lipinski definition) is 2. The predicted molar refractivity (Wildman–Crippen MR) is 59.0 cm³/mol. The number of carbonyl (C=O) groups is 1. The normalized spacial score (nSPS) is 17.7. The summed E-state index contributed by atoms with van der Waals surface area (Å²) in [6, 6.07) is 2.00. The van der Waals surface area contributed by atoms with Crippen molar-refractivity contribution in [1.29, 1.82) is 5.26 Å². The third-order valence-corrected chi connectivity index (χ3v) is 2.49. The number of hydrogen-bond donors (Lipinski definition) is 0. The van der Waals surface area contributed by atoms with Crippen molar-refractivity contribution in [2.75, 3.05) is 13.1 Å². The summed E-state index contributed by atoms with van der Waals surface area (Å²) < 4.78 is 0. The predicted octanol–water partition coefficient (Wildman–Crippen LogP) is 2.10. The van der Waals surface area contributed by atoms with Gasteiger partial charge in [0.2, 0.25) is 0 Å². The van der Waals surface area contributed by atoms with Crippen LogP contribution in [0.2, 0.25) is 0 Å². The highest BCUT2D eigenvalue weighted by atomic mass is 16.2. The Morgan fingerprint density at radius 2 is 1.93 bits per heavy atom. The van der Waals surface area contributed by atoms with E-state index >= 15 is 0 Å². The number of nitriles is 1. The van der Waals surface area contributed by atoms with E-state index in [0.717, 1.165) is 25.9 Å². The minimum Gasteiger partial charge on any atom is -0.338 e. The summed E-state index contributed by atoms with van der Waals surface area (Å²) in [6.45, 7) is 5.55. The molecule has 0 aromatic carbocycles. The smallest absolute Gasteiger partial charge is 0.264 e. The molecular formula is C12H18N2O. The summed E-state index contributed by atoms with van der Waals surface area (Å²) in [5.41, 5.74) is 0.298. The molecule has 0 N–H and O–H groups in total. The van der Waals surface area contributed by atoms with Crippen molar-refractivity contribution in [3.05, 3.63) is 11.6 Å². The summed E-state index contributed by atoms with van der Waals surface area (Å²) in [4.78, 5) is 13.7. The summed E-state index contributed by atoms with van der Waals surface area (Å²) in [5.74, 6) is 0.152. The second-order valence-electron chi connectivity index (χ2n) is 4.29. The fourth-order valence-corrected chi connectivity index (χ4v) is 1.76. The van der Waals surface area contributed by atoms with E-state index in [9.17, 15) is 4.79 Å². The highest BCUT2D eigenvalue weighted by molar-refractivity contribution is 5.97. The topological polar surface area (TPSA) is 44.1 Å². The number of piperidine rings is 1. The quantitative estimate of drug-likeness (QED) is 0.513. The van der Waals surface area contributed by atoms with Crippen LogP contribution in [0.15, 0.2) is 11.6 Å². The van der Waals surface area contributed by atoms with Gasteiger partial charge < -0.3 is 4.90 Å². The average molecular weight is 206 g/mol. The van der Waals surface area contributed by atoms with Gasteiger partial charge in [0.15, 0.2) is 0 Å². The highest BCUT2D eigenvalue weighted by Gasteiger charge is 2.19.